The summed E-state index contributed by atoms with van der Waals surface area (Å²) in [7, 11) is 0. The molecule has 0 saturated carbocycles. The van der Waals surface area contributed by atoms with Crippen LogP contribution >= 0.6 is 0 Å². The van der Waals surface area contributed by atoms with Crippen molar-refractivity contribution in [3.8, 4) is 0 Å². The van der Waals surface area contributed by atoms with E-state index in [0.29, 0.717) is 5.92 Å². The Kier molecular flexibility index (Phi) is 3.74. The van der Waals surface area contributed by atoms with Crippen LogP contribution in [0.2, 0.25) is 0 Å². The average molecular weight is 248 g/mol. The largest absolute Gasteiger partial charge is 1.00 e. The highest BCUT2D eigenvalue weighted by Gasteiger charge is 2.18. The second kappa shape index (κ2) is 4.62. The van der Waals surface area contributed by atoms with Crippen LogP contribution in [0.3, 0.4) is 0 Å². The maximum atomic E-state index is 10.8. The van der Waals surface area contributed by atoms with Gasteiger partial charge in [0.15, 0.2) is 0 Å². The van der Waals surface area contributed by atoms with Gasteiger partial charge >= 0.3 is 0 Å². The fourth-order valence-corrected chi connectivity index (χ4v) is 1.60. The molecule has 5 heteroatoms. The van der Waals surface area contributed by atoms with Gasteiger partial charge in [-0.25, -0.2) is 0 Å². The van der Waals surface area contributed by atoms with E-state index >= 15 is 0 Å². The van der Waals surface area contributed by atoms with Gasteiger partial charge in [0.2, 0.25) is 0 Å². The van der Waals surface area contributed by atoms with Crippen molar-refractivity contribution in [2.45, 2.75) is 18.8 Å². The summed E-state index contributed by atoms with van der Waals surface area (Å²) in [4.78, 5) is 10.8. The van der Waals surface area contributed by atoms with Crippen molar-refractivity contribution in [1.82, 2.24) is 10.5 Å². The summed E-state index contributed by atoms with van der Waals surface area (Å²) < 4.78 is 5.04. The van der Waals surface area contributed by atoms with E-state index in [9.17, 15) is 4.79 Å². The van der Waals surface area contributed by atoms with Crippen LogP contribution in [0.5, 0.6) is 0 Å². The number of hydrogen-bond donors (Lipinski definition) is 2. The summed E-state index contributed by atoms with van der Waals surface area (Å²) in [5.41, 5.74) is -0.136. The van der Waals surface area contributed by atoms with E-state index < -0.39 is 0 Å². The second-order valence-electron chi connectivity index (χ2n) is 3.14. The summed E-state index contributed by atoms with van der Waals surface area (Å²) in [5, 5.41) is 5.58. The van der Waals surface area contributed by atoms with Gasteiger partial charge in [-0.3, -0.25) is 4.79 Å². The van der Waals surface area contributed by atoms with Crippen molar-refractivity contribution in [2.24, 2.45) is 0 Å². The number of nitrogens with one attached hydrogen (secondary N) is 2. The van der Waals surface area contributed by atoms with Gasteiger partial charge in [-0.15, -0.1) is 0 Å². The van der Waals surface area contributed by atoms with Gasteiger partial charge in [0.1, 0.15) is 5.76 Å². The summed E-state index contributed by atoms with van der Waals surface area (Å²) in [6.45, 7) is 2.03. The van der Waals surface area contributed by atoms with Gasteiger partial charge in [-0.1, -0.05) is 0 Å². The lowest BCUT2D eigenvalue weighted by Gasteiger charge is -2.19. The molecule has 1 fully saturated rings. The van der Waals surface area contributed by atoms with Gasteiger partial charge in [0, 0.05) is 12.0 Å². The number of aromatic amines is 1. The Hall–Kier alpha value is -0.550. The summed E-state index contributed by atoms with van der Waals surface area (Å²) in [5.74, 6) is 1.23. The summed E-state index contributed by atoms with van der Waals surface area (Å²) in [6.07, 6.45) is 2.11. The van der Waals surface area contributed by atoms with E-state index in [-0.39, 0.29) is 22.5 Å². The molecule has 0 bridgehead atoms. The molecular formula is C8H12BrN2O2-. The van der Waals surface area contributed by atoms with Crippen LogP contribution in [-0.2, 0) is 0 Å². The van der Waals surface area contributed by atoms with E-state index in [1.165, 1.54) is 0 Å². The molecule has 0 atom stereocenters. The predicted octanol–water partition coefficient (Wildman–Crippen LogP) is -2.56. The zero-order valence-corrected chi connectivity index (χ0v) is 8.76. The first-order chi connectivity index (χ1) is 5.86. The molecule has 0 aromatic carbocycles. The van der Waals surface area contributed by atoms with Crippen molar-refractivity contribution >= 4 is 0 Å². The first-order valence-corrected chi connectivity index (χ1v) is 4.25. The van der Waals surface area contributed by atoms with E-state index in [2.05, 4.69) is 10.5 Å². The lowest BCUT2D eigenvalue weighted by atomic mass is 9.96. The molecular weight excluding hydrogens is 236 g/mol. The monoisotopic (exact) mass is 247 g/mol. The Morgan fingerprint density at radius 3 is 2.62 bits per heavy atom. The molecule has 2 N–H and O–H groups in total. The molecule has 0 unspecified atom stereocenters. The fraction of sp³-hybridized carbons (Fsp3) is 0.625. The molecule has 0 aliphatic carbocycles. The second-order valence-corrected chi connectivity index (χ2v) is 3.14. The fourth-order valence-electron chi connectivity index (χ4n) is 1.60. The molecule has 1 aliphatic rings. The molecule has 13 heavy (non-hydrogen) atoms. The molecule has 1 aromatic heterocycles. The molecule has 1 aromatic rings. The molecule has 0 spiro atoms. The minimum atomic E-state index is -0.136. The number of piperidine rings is 1. The topological polar surface area (TPSA) is 58.0 Å². The van der Waals surface area contributed by atoms with Gasteiger partial charge in [0.25, 0.3) is 5.56 Å². The van der Waals surface area contributed by atoms with Crippen LogP contribution in [-0.4, -0.2) is 18.2 Å². The van der Waals surface area contributed by atoms with Gasteiger partial charge < -0.3 is 26.8 Å². The molecule has 2 rings (SSSR count). The Morgan fingerprint density at radius 2 is 2.08 bits per heavy atom. The maximum absolute atomic E-state index is 10.8. The third kappa shape index (κ3) is 2.45. The highest BCUT2D eigenvalue weighted by atomic mass is 79.9. The summed E-state index contributed by atoms with van der Waals surface area (Å²) >= 11 is 0. The van der Waals surface area contributed by atoms with Crippen LogP contribution in [0.4, 0.5) is 0 Å². The number of halogens is 1. The quantitative estimate of drug-likeness (QED) is 0.575. The lowest BCUT2D eigenvalue weighted by Crippen LogP contribution is -3.00. The summed E-state index contributed by atoms with van der Waals surface area (Å²) in [6, 6.07) is 1.55. The third-order valence-electron chi connectivity index (χ3n) is 2.28. The molecule has 0 amide bonds. The number of hydrogen-bond acceptors (Lipinski definition) is 3. The highest BCUT2D eigenvalue weighted by molar-refractivity contribution is 5.03. The van der Waals surface area contributed by atoms with E-state index in [1.807, 2.05) is 0 Å². The van der Waals surface area contributed by atoms with Crippen molar-refractivity contribution in [1.29, 1.82) is 0 Å². The maximum Gasteiger partial charge on any atom is 0.280 e. The molecule has 1 saturated heterocycles. The average Bonchev–Trinajstić information content (AvgIpc) is 2.54. The molecule has 4 nitrogen and oxygen atoms in total. The van der Waals surface area contributed by atoms with E-state index in [0.717, 1.165) is 31.7 Å². The zero-order chi connectivity index (χ0) is 8.39. The van der Waals surface area contributed by atoms with Crippen molar-refractivity contribution in [3.63, 3.8) is 0 Å². The smallest absolute Gasteiger partial charge is 0.280 e. The van der Waals surface area contributed by atoms with Crippen molar-refractivity contribution in [3.05, 3.63) is 22.2 Å². The number of H-pyrrole nitrogens is 1. The van der Waals surface area contributed by atoms with Gasteiger partial charge in [-0.05, 0) is 25.9 Å². The van der Waals surface area contributed by atoms with Crippen LogP contribution in [0.15, 0.2) is 15.4 Å². The van der Waals surface area contributed by atoms with Gasteiger partial charge in [-0.2, -0.15) is 5.16 Å². The lowest BCUT2D eigenvalue weighted by molar-refractivity contribution is -0.00000299. The molecule has 0 radical (unpaired) electrons. The zero-order valence-electron chi connectivity index (χ0n) is 7.18. The Balaban J connectivity index is 0.000000845. The van der Waals surface area contributed by atoms with Gasteiger partial charge in [0.05, 0.1) is 0 Å². The van der Waals surface area contributed by atoms with Crippen LogP contribution < -0.4 is 27.9 Å². The third-order valence-corrected chi connectivity index (χ3v) is 2.28. The minimum Gasteiger partial charge on any atom is -1.00 e. The number of aromatic nitrogens is 1. The minimum absolute atomic E-state index is 0. The van der Waals surface area contributed by atoms with Crippen molar-refractivity contribution < 1.29 is 21.5 Å². The Labute approximate surface area is 86.4 Å². The van der Waals surface area contributed by atoms with E-state index in [4.69, 9.17) is 4.52 Å². The number of rotatable bonds is 1. The van der Waals surface area contributed by atoms with E-state index in [1.54, 1.807) is 6.07 Å². The SMILES string of the molecule is O=c1cc(C2CCNCC2)o[nH]1.[Br-]. The first-order valence-electron chi connectivity index (χ1n) is 4.25. The van der Waals surface area contributed by atoms with Crippen LogP contribution in [0.25, 0.3) is 0 Å². The van der Waals surface area contributed by atoms with Crippen molar-refractivity contribution in [2.75, 3.05) is 13.1 Å². The molecule has 2 heterocycles. The van der Waals surface area contributed by atoms with Crippen LogP contribution in [0.1, 0.15) is 24.5 Å². The normalized spacial score (nSPS) is 18.2. The van der Waals surface area contributed by atoms with Crippen LogP contribution in [0, 0.1) is 0 Å². The standard InChI is InChI=1S/C8H12N2O2.BrH/c11-8-5-7(12-10-8)6-1-3-9-4-2-6;/h5-6,9H,1-4H2,(H,10,11);1H/p-1. The first kappa shape index (κ1) is 10.5. The predicted molar refractivity (Wildman–Crippen MR) is 44.2 cm³/mol. The Morgan fingerprint density at radius 1 is 1.38 bits per heavy atom. The molecule has 74 valence electrons. The Bertz CT molecular complexity index is 301. The molecule has 1 aliphatic heterocycles. The highest BCUT2D eigenvalue weighted by Crippen LogP contribution is 2.23.